The Morgan fingerprint density at radius 3 is 2.52 bits per heavy atom. The standard InChI is InChI=1S/C21H21N3O4S/c1-28-20(27)16-7-9-17(10-8-16)23-19(26)14-29-21-22-11-18(13-25)24(21)12-15-5-3-2-4-6-15/h2-11,25H,12-14H2,1H3,(H,23,26). The summed E-state index contributed by atoms with van der Waals surface area (Å²) in [6.07, 6.45) is 1.62. The molecule has 29 heavy (non-hydrogen) atoms. The Labute approximate surface area is 172 Å². The Morgan fingerprint density at radius 2 is 1.86 bits per heavy atom. The van der Waals surface area contributed by atoms with Gasteiger partial charge < -0.3 is 19.7 Å². The second-order valence-electron chi connectivity index (χ2n) is 6.17. The van der Waals surface area contributed by atoms with Gasteiger partial charge in [0.1, 0.15) is 0 Å². The number of esters is 1. The van der Waals surface area contributed by atoms with E-state index in [0.717, 1.165) is 5.56 Å². The zero-order valence-corrected chi connectivity index (χ0v) is 16.7. The lowest BCUT2D eigenvalue weighted by Gasteiger charge is -2.11. The van der Waals surface area contributed by atoms with Crippen molar-refractivity contribution in [2.24, 2.45) is 0 Å². The normalized spacial score (nSPS) is 10.6. The molecule has 2 aromatic carbocycles. The molecule has 7 nitrogen and oxygen atoms in total. The van der Waals surface area contributed by atoms with E-state index in [9.17, 15) is 14.7 Å². The van der Waals surface area contributed by atoms with Crippen molar-refractivity contribution < 1.29 is 19.4 Å². The molecule has 3 aromatic rings. The van der Waals surface area contributed by atoms with E-state index in [2.05, 4.69) is 15.0 Å². The van der Waals surface area contributed by atoms with Gasteiger partial charge >= 0.3 is 5.97 Å². The lowest BCUT2D eigenvalue weighted by Crippen LogP contribution is -2.15. The molecule has 0 unspecified atom stereocenters. The SMILES string of the molecule is COC(=O)c1ccc(NC(=O)CSc2ncc(CO)n2Cc2ccccc2)cc1. The number of thioether (sulfide) groups is 1. The van der Waals surface area contributed by atoms with Crippen LogP contribution in [0.15, 0.2) is 66.0 Å². The van der Waals surface area contributed by atoms with E-state index in [1.165, 1.54) is 18.9 Å². The number of amides is 1. The van der Waals surface area contributed by atoms with Crippen molar-refractivity contribution in [2.75, 3.05) is 18.2 Å². The van der Waals surface area contributed by atoms with Crippen molar-refractivity contribution in [3.8, 4) is 0 Å². The third-order valence-corrected chi connectivity index (χ3v) is 5.16. The summed E-state index contributed by atoms with van der Waals surface area (Å²) in [6.45, 7) is 0.439. The molecule has 1 aromatic heterocycles. The van der Waals surface area contributed by atoms with Gasteiger partial charge in [0.25, 0.3) is 0 Å². The van der Waals surface area contributed by atoms with Crippen LogP contribution in [0.3, 0.4) is 0 Å². The van der Waals surface area contributed by atoms with E-state index in [0.29, 0.717) is 28.6 Å². The number of carbonyl (C=O) groups excluding carboxylic acids is 2. The number of ether oxygens (including phenoxy) is 1. The van der Waals surface area contributed by atoms with Gasteiger partial charge in [-0.1, -0.05) is 42.1 Å². The third kappa shape index (κ3) is 5.46. The van der Waals surface area contributed by atoms with Gasteiger partial charge in [0, 0.05) is 12.2 Å². The monoisotopic (exact) mass is 411 g/mol. The summed E-state index contributed by atoms with van der Waals surface area (Å²) in [7, 11) is 1.32. The van der Waals surface area contributed by atoms with Gasteiger partial charge in [-0.3, -0.25) is 4.79 Å². The number of hydrogen-bond donors (Lipinski definition) is 2. The van der Waals surface area contributed by atoms with Crippen molar-refractivity contribution in [3.63, 3.8) is 0 Å². The number of imidazole rings is 1. The summed E-state index contributed by atoms with van der Waals surface area (Å²) >= 11 is 1.30. The van der Waals surface area contributed by atoms with Gasteiger partial charge in [-0.05, 0) is 29.8 Å². The molecule has 0 saturated heterocycles. The van der Waals surface area contributed by atoms with Gasteiger partial charge in [-0.2, -0.15) is 0 Å². The number of methoxy groups -OCH3 is 1. The molecule has 0 saturated carbocycles. The lowest BCUT2D eigenvalue weighted by molar-refractivity contribution is -0.113. The van der Waals surface area contributed by atoms with Crippen LogP contribution in [0.4, 0.5) is 5.69 Å². The van der Waals surface area contributed by atoms with E-state index in [-0.39, 0.29) is 18.3 Å². The molecular formula is C21H21N3O4S. The molecule has 0 radical (unpaired) electrons. The zero-order chi connectivity index (χ0) is 20.6. The first-order chi connectivity index (χ1) is 14.1. The second kappa shape index (κ2) is 9.90. The number of anilines is 1. The fourth-order valence-corrected chi connectivity index (χ4v) is 3.50. The van der Waals surface area contributed by atoms with E-state index in [4.69, 9.17) is 0 Å². The van der Waals surface area contributed by atoms with Crippen molar-refractivity contribution in [1.82, 2.24) is 9.55 Å². The predicted molar refractivity (Wildman–Crippen MR) is 111 cm³/mol. The highest BCUT2D eigenvalue weighted by Crippen LogP contribution is 2.21. The van der Waals surface area contributed by atoms with E-state index in [1.54, 1.807) is 30.5 Å². The third-order valence-electron chi connectivity index (χ3n) is 4.17. The highest BCUT2D eigenvalue weighted by Gasteiger charge is 2.13. The summed E-state index contributed by atoms with van der Waals surface area (Å²) in [5.41, 5.74) is 2.78. The topological polar surface area (TPSA) is 93.4 Å². The fraction of sp³-hybridized carbons (Fsp3) is 0.190. The van der Waals surface area contributed by atoms with Gasteiger partial charge in [0.05, 0.1) is 36.9 Å². The van der Waals surface area contributed by atoms with E-state index >= 15 is 0 Å². The lowest BCUT2D eigenvalue weighted by atomic mass is 10.2. The number of aliphatic hydroxyl groups is 1. The number of hydrogen-bond acceptors (Lipinski definition) is 6. The predicted octanol–water partition coefficient (Wildman–Crippen LogP) is 2.94. The van der Waals surface area contributed by atoms with Crippen molar-refractivity contribution >= 4 is 29.3 Å². The van der Waals surface area contributed by atoms with Crippen LogP contribution < -0.4 is 5.32 Å². The molecule has 1 amide bonds. The van der Waals surface area contributed by atoms with Crippen LogP contribution in [0, 0.1) is 0 Å². The highest BCUT2D eigenvalue weighted by molar-refractivity contribution is 7.99. The van der Waals surface area contributed by atoms with Crippen LogP contribution in [0.25, 0.3) is 0 Å². The Morgan fingerprint density at radius 1 is 1.14 bits per heavy atom. The van der Waals surface area contributed by atoms with Gasteiger partial charge in [-0.15, -0.1) is 0 Å². The zero-order valence-electron chi connectivity index (χ0n) is 15.9. The maximum Gasteiger partial charge on any atom is 0.337 e. The van der Waals surface area contributed by atoms with E-state index in [1.807, 2.05) is 34.9 Å². The fourth-order valence-electron chi connectivity index (χ4n) is 2.70. The number of rotatable bonds is 8. The molecule has 1 heterocycles. The van der Waals surface area contributed by atoms with Gasteiger partial charge in [0.15, 0.2) is 5.16 Å². The van der Waals surface area contributed by atoms with Crippen molar-refractivity contribution in [2.45, 2.75) is 18.3 Å². The maximum atomic E-state index is 12.3. The number of benzene rings is 2. The summed E-state index contributed by atoms with van der Waals surface area (Å²) in [5.74, 6) is -0.459. The maximum absolute atomic E-state index is 12.3. The average molecular weight is 411 g/mol. The first-order valence-electron chi connectivity index (χ1n) is 8.91. The Hall–Kier alpha value is -3.10. The van der Waals surface area contributed by atoms with Crippen LogP contribution in [-0.2, 0) is 22.7 Å². The number of nitrogens with zero attached hydrogens (tertiary/aromatic N) is 2. The number of carbonyl (C=O) groups is 2. The van der Waals surface area contributed by atoms with E-state index < -0.39 is 5.97 Å². The number of aromatic nitrogens is 2. The first-order valence-corrected chi connectivity index (χ1v) is 9.89. The molecule has 2 N–H and O–H groups in total. The molecule has 0 aliphatic heterocycles. The Balaban J connectivity index is 1.61. The molecule has 0 atom stereocenters. The van der Waals surface area contributed by atoms with Crippen LogP contribution in [0.5, 0.6) is 0 Å². The molecule has 0 aliphatic rings. The van der Waals surface area contributed by atoms with Crippen LogP contribution in [0.1, 0.15) is 21.6 Å². The molecule has 150 valence electrons. The van der Waals surface area contributed by atoms with Crippen molar-refractivity contribution in [3.05, 3.63) is 77.6 Å². The highest BCUT2D eigenvalue weighted by atomic mass is 32.2. The molecular weight excluding hydrogens is 390 g/mol. The van der Waals surface area contributed by atoms with Crippen LogP contribution in [-0.4, -0.2) is 39.4 Å². The smallest absolute Gasteiger partial charge is 0.337 e. The summed E-state index contributed by atoms with van der Waals surface area (Å²) in [6, 6.07) is 16.3. The quantitative estimate of drug-likeness (QED) is 0.437. The molecule has 8 heteroatoms. The van der Waals surface area contributed by atoms with Gasteiger partial charge in [0.2, 0.25) is 5.91 Å². The minimum Gasteiger partial charge on any atom is -0.465 e. The van der Waals surface area contributed by atoms with Crippen LogP contribution >= 0.6 is 11.8 Å². The van der Waals surface area contributed by atoms with Crippen molar-refractivity contribution in [1.29, 1.82) is 0 Å². The largest absolute Gasteiger partial charge is 0.465 e. The minimum absolute atomic E-state index is 0.126. The molecule has 0 bridgehead atoms. The molecule has 0 aliphatic carbocycles. The first kappa shape index (κ1) is 20.6. The second-order valence-corrected chi connectivity index (χ2v) is 7.11. The average Bonchev–Trinajstić information content (AvgIpc) is 3.14. The number of aliphatic hydroxyl groups excluding tert-OH is 1. The molecule has 0 fully saturated rings. The Kier molecular flexibility index (Phi) is 7.04. The molecule has 0 spiro atoms. The summed E-state index contributed by atoms with van der Waals surface area (Å²) in [4.78, 5) is 28.1. The summed E-state index contributed by atoms with van der Waals surface area (Å²) < 4.78 is 6.55. The van der Waals surface area contributed by atoms with Gasteiger partial charge in [-0.25, -0.2) is 9.78 Å². The molecule has 3 rings (SSSR count). The van der Waals surface area contributed by atoms with Crippen LogP contribution in [0.2, 0.25) is 0 Å². The summed E-state index contributed by atoms with van der Waals surface area (Å²) in [5, 5.41) is 13.0. The number of nitrogens with one attached hydrogen (secondary N) is 1. The Bertz CT molecular complexity index is 971. The minimum atomic E-state index is -0.427.